The first kappa shape index (κ1) is 24.1. The van der Waals surface area contributed by atoms with Gasteiger partial charge in [0.05, 0.1) is 28.1 Å². The van der Waals surface area contributed by atoms with Crippen LogP contribution in [0.25, 0.3) is 22.2 Å². The fourth-order valence-electron chi connectivity index (χ4n) is 4.11. The molecule has 7 heteroatoms. The summed E-state index contributed by atoms with van der Waals surface area (Å²) in [6, 6.07) is 17.4. The zero-order valence-corrected chi connectivity index (χ0v) is 21.1. The molecule has 0 amide bonds. The van der Waals surface area contributed by atoms with Crippen molar-refractivity contribution >= 4 is 45.4 Å². The van der Waals surface area contributed by atoms with E-state index < -0.39 is 11.2 Å². The summed E-state index contributed by atoms with van der Waals surface area (Å²) in [6.07, 6.45) is 0. The average Bonchev–Trinajstić information content (AvgIpc) is 3.23. The van der Waals surface area contributed by atoms with Gasteiger partial charge < -0.3 is 14.6 Å². The smallest absolute Gasteiger partial charge is 0.152 e. The van der Waals surface area contributed by atoms with Crippen LogP contribution in [0.15, 0.2) is 59.5 Å². The van der Waals surface area contributed by atoms with Crippen LogP contribution in [0.4, 0.5) is 0 Å². The van der Waals surface area contributed by atoms with Crippen molar-refractivity contribution in [3.05, 3.63) is 81.6 Å². The minimum Gasteiger partial charge on any atom is -0.611 e. The molecule has 1 heterocycles. The Labute approximate surface area is 207 Å². The molecule has 0 aliphatic heterocycles. The number of aliphatic hydroxyl groups is 1. The lowest BCUT2D eigenvalue weighted by Gasteiger charge is -2.15. The van der Waals surface area contributed by atoms with E-state index in [1.54, 1.807) is 0 Å². The van der Waals surface area contributed by atoms with Gasteiger partial charge in [0, 0.05) is 5.56 Å². The first-order chi connectivity index (χ1) is 15.8. The molecule has 0 radical (unpaired) electrons. The number of hydrogen-bond donors (Lipinski definition) is 2. The third-order valence-corrected chi connectivity index (χ3v) is 7.85. The molecule has 4 rings (SSSR count). The van der Waals surface area contributed by atoms with Gasteiger partial charge in [0.25, 0.3) is 0 Å². The Morgan fingerprint density at radius 2 is 1.79 bits per heavy atom. The number of nitrogens with one attached hydrogen (secondary N) is 1. The topological polar surface area (TPSA) is 72.0 Å². The van der Waals surface area contributed by atoms with Gasteiger partial charge in [-0.3, -0.25) is 0 Å². The maximum atomic E-state index is 12.1. The Morgan fingerprint density at radius 3 is 2.42 bits per heavy atom. The zero-order valence-electron chi connectivity index (χ0n) is 18.7. The largest absolute Gasteiger partial charge is 0.611 e. The van der Waals surface area contributed by atoms with E-state index in [0.29, 0.717) is 38.6 Å². The van der Waals surface area contributed by atoms with Crippen LogP contribution >= 0.6 is 23.2 Å². The van der Waals surface area contributed by atoms with E-state index in [1.165, 1.54) is 0 Å². The first-order valence-electron chi connectivity index (χ1n) is 10.9. The number of aliphatic hydroxyl groups excluding tert-OH is 1. The van der Waals surface area contributed by atoms with Crippen molar-refractivity contribution < 1.29 is 9.66 Å². The van der Waals surface area contributed by atoms with E-state index in [-0.39, 0.29) is 12.5 Å². The van der Waals surface area contributed by atoms with Crippen molar-refractivity contribution in [2.24, 2.45) is 0 Å². The number of aromatic amines is 1. The maximum Gasteiger partial charge on any atom is 0.152 e. The molecule has 0 bridgehead atoms. The van der Waals surface area contributed by atoms with Crippen LogP contribution in [0.1, 0.15) is 49.6 Å². The van der Waals surface area contributed by atoms with E-state index in [0.717, 1.165) is 27.1 Å². The van der Waals surface area contributed by atoms with Gasteiger partial charge in [-0.2, -0.15) is 0 Å². The quantitative estimate of drug-likeness (QED) is 0.270. The SMILES string of the molecule is CC[S+]([O-])c1ccc(C(CO)c2nc3c(Cl)c(-c4ccccc4C(C)C)c(Cl)cc3[nH]2)cc1. The minimum absolute atomic E-state index is 0.134. The predicted molar refractivity (Wildman–Crippen MR) is 138 cm³/mol. The van der Waals surface area contributed by atoms with Crippen molar-refractivity contribution in [2.75, 3.05) is 12.4 Å². The van der Waals surface area contributed by atoms with Gasteiger partial charge in [-0.25, -0.2) is 4.98 Å². The first-order valence-corrected chi connectivity index (χ1v) is 13.0. The Bertz CT molecular complexity index is 1270. The summed E-state index contributed by atoms with van der Waals surface area (Å²) >= 11 is 12.6. The number of benzene rings is 3. The summed E-state index contributed by atoms with van der Waals surface area (Å²) in [5.74, 6) is 1.10. The molecule has 2 unspecified atom stereocenters. The van der Waals surface area contributed by atoms with Crippen LogP contribution in [0.3, 0.4) is 0 Å². The number of hydrogen-bond acceptors (Lipinski definition) is 3. The molecular weight excluding hydrogens is 475 g/mol. The molecule has 2 atom stereocenters. The molecule has 1 aromatic heterocycles. The third-order valence-electron chi connectivity index (χ3n) is 5.86. The molecule has 0 spiro atoms. The lowest BCUT2D eigenvalue weighted by Crippen LogP contribution is -2.09. The highest BCUT2D eigenvalue weighted by molar-refractivity contribution is 7.91. The van der Waals surface area contributed by atoms with Gasteiger partial charge in [0.2, 0.25) is 0 Å². The van der Waals surface area contributed by atoms with Crippen molar-refractivity contribution in [2.45, 2.75) is 37.5 Å². The van der Waals surface area contributed by atoms with Crippen LogP contribution in [0, 0.1) is 0 Å². The molecule has 172 valence electrons. The number of rotatable bonds is 7. The number of halogens is 2. The van der Waals surface area contributed by atoms with E-state index >= 15 is 0 Å². The fourth-order valence-corrected chi connectivity index (χ4v) is 5.58. The number of nitrogens with zero attached hydrogens (tertiary/aromatic N) is 1. The molecular formula is C26H26Cl2N2O2S. The van der Waals surface area contributed by atoms with E-state index in [4.69, 9.17) is 28.2 Å². The van der Waals surface area contributed by atoms with Gasteiger partial charge in [-0.05, 0) is 58.9 Å². The molecule has 0 saturated carbocycles. The Hall–Kier alpha value is -2.02. The standard InChI is InChI=1S/C26H26Cl2N2O2S/c1-4-33(32)17-11-9-16(10-12-17)20(14-31)26-29-22-13-21(27)23(24(28)25(22)30-26)19-8-6-5-7-18(19)15(2)3/h5-13,15,20,31H,4,14H2,1-3H3,(H,29,30). The summed E-state index contributed by atoms with van der Waals surface area (Å²) in [6.45, 7) is 6.03. The van der Waals surface area contributed by atoms with Crippen LogP contribution < -0.4 is 0 Å². The summed E-state index contributed by atoms with van der Waals surface area (Å²) in [4.78, 5) is 8.83. The van der Waals surface area contributed by atoms with Crippen molar-refractivity contribution in [3.63, 3.8) is 0 Å². The lowest BCUT2D eigenvalue weighted by atomic mass is 9.92. The Kier molecular flexibility index (Phi) is 7.37. The number of aromatic nitrogens is 2. The summed E-state index contributed by atoms with van der Waals surface area (Å²) in [5, 5.41) is 11.2. The number of imidazole rings is 1. The van der Waals surface area contributed by atoms with E-state index in [9.17, 15) is 9.66 Å². The molecule has 4 aromatic rings. The molecule has 0 fully saturated rings. The summed E-state index contributed by atoms with van der Waals surface area (Å²) in [7, 11) is 0. The average molecular weight is 501 g/mol. The Morgan fingerprint density at radius 1 is 1.09 bits per heavy atom. The fraction of sp³-hybridized carbons (Fsp3) is 0.269. The third kappa shape index (κ3) is 4.66. The molecule has 0 aliphatic rings. The monoisotopic (exact) mass is 500 g/mol. The second kappa shape index (κ2) is 10.1. The van der Waals surface area contributed by atoms with Gasteiger partial charge in [0.15, 0.2) is 4.90 Å². The van der Waals surface area contributed by atoms with E-state index in [2.05, 4.69) is 24.9 Å². The van der Waals surface area contributed by atoms with Crippen molar-refractivity contribution in [1.29, 1.82) is 0 Å². The highest BCUT2D eigenvalue weighted by Gasteiger charge is 2.23. The van der Waals surface area contributed by atoms with Crippen LogP contribution in [-0.4, -0.2) is 32.0 Å². The van der Waals surface area contributed by atoms with Gasteiger partial charge in [-0.1, -0.05) is 73.4 Å². The van der Waals surface area contributed by atoms with Gasteiger partial charge in [0.1, 0.15) is 17.1 Å². The highest BCUT2D eigenvalue weighted by Crippen LogP contribution is 2.42. The molecule has 2 N–H and O–H groups in total. The van der Waals surface area contributed by atoms with Gasteiger partial charge in [-0.15, -0.1) is 0 Å². The molecule has 0 saturated heterocycles. The normalized spacial score (nSPS) is 13.6. The predicted octanol–water partition coefficient (Wildman–Crippen LogP) is 6.91. The van der Waals surface area contributed by atoms with Gasteiger partial charge >= 0.3 is 0 Å². The van der Waals surface area contributed by atoms with Crippen LogP contribution in [0.5, 0.6) is 0 Å². The zero-order chi connectivity index (χ0) is 23.7. The van der Waals surface area contributed by atoms with Crippen molar-refractivity contribution in [3.8, 4) is 11.1 Å². The molecule has 3 aromatic carbocycles. The minimum atomic E-state index is -1.02. The molecule has 33 heavy (non-hydrogen) atoms. The van der Waals surface area contributed by atoms with Crippen LogP contribution in [-0.2, 0) is 11.2 Å². The number of fused-ring (bicyclic) bond motifs is 1. The second-order valence-corrected chi connectivity index (χ2v) is 10.8. The summed E-state index contributed by atoms with van der Waals surface area (Å²) in [5.41, 5.74) is 5.13. The second-order valence-electron chi connectivity index (χ2n) is 8.25. The molecule has 0 aliphatic carbocycles. The lowest BCUT2D eigenvalue weighted by molar-refractivity contribution is 0.277. The maximum absolute atomic E-state index is 12.1. The highest BCUT2D eigenvalue weighted by atomic mass is 35.5. The Balaban J connectivity index is 1.79. The van der Waals surface area contributed by atoms with E-state index in [1.807, 2.05) is 55.5 Å². The summed E-state index contributed by atoms with van der Waals surface area (Å²) < 4.78 is 12.1. The number of H-pyrrole nitrogens is 1. The molecule has 4 nitrogen and oxygen atoms in total. The van der Waals surface area contributed by atoms with Crippen LogP contribution in [0.2, 0.25) is 10.0 Å². The van der Waals surface area contributed by atoms with Crippen molar-refractivity contribution in [1.82, 2.24) is 9.97 Å².